The number of hydrogen-bond donors (Lipinski definition) is 1. The summed E-state index contributed by atoms with van der Waals surface area (Å²) in [5, 5.41) is 7.03. The van der Waals surface area contributed by atoms with E-state index in [4.69, 9.17) is 4.42 Å². The van der Waals surface area contributed by atoms with Gasteiger partial charge < -0.3 is 9.73 Å². The fourth-order valence-corrected chi connectivity index (χ4v) is 2.59. The van der Waals surface area contributed by atoms with E-state index >= 15 is 0 Å². The van der Waals surface area contributed by atoms with Crippen LogP contribution in [0.4, 0.5) is 5.69 Å². The van der Waals surface area contributed by atoms with Crippen molar-refractivity contribution in [2.24, 2.45) is 0 Å². The van der Waals surface area contributed by atoms with Gasteiger partial charge in [-0.15, -0.1) is 0 Å². The number of aromatic nitrogens is 3. The number of nitrogens with zero attached hydrogens (tertiary/aromatic N) is 3. The van der Waals surface area contributed by atoms with Crippen molar-refractivity contribution in [3.05, 3.63) is 85.0 Å². The lowest BCUT2D eigenvalue weighted by molar-refractivity contribution is -0.115. The van der Waals surface area contributed by atoms with E-state index in [2.05, 4.69) is 15.4 Å². The van der Waals surface area contributed by atoms with Gasteiger partial charge in [0.1, 0.15) is 6.26 Å². The molecule has 0 radical (unpaired) electrons. The number of nitrogens with one attached hydrogen (secondary N) is 1. The number of rotatable bonds is 5. The second-order valence-corrected chi connectivity index (χ2v) is 5.73. The number of amides is 1. The zero-order valence-electron chi connectivity index (χ0n) is 13.9. The molecule has 0 atom stereocenters. The number of anilines is 1. The first-order chi connectivity index (χ1) is 12.8. The van der Waals surface area contributed by atoms with Gasteiger partial charge >= 0.3 is 0 Å². The lowest BCUT2D eigenvalue weighted by atomic mass is 10.2. The van der Waals surface area contributed by atoms with Crippen molar-refractivity contribution in [2.45, 2.75) is 6.42 Å². The molecule has 0 spiro atoms. The Labute approximate surface area is 150 Å². The quantitative estimate of drug-likeness (QED) is 0.599. The molecule has 0 aliphatic rings. The van der Waals surface area contributed by atoms with Gasteiger partial charge in [0.15, 0.2) is 0 Å². The van der Waals surface area contributed by atoms with E-state index in [-0.39, 0.29) is 12.3 Å². The monoisotopic (exact) mass is 344 g/mol. The van der Waals surface area contributed by atoms with Crippen LogP contribution in [0.15, 0.2) is 83.7 Å². The van der Waals surface area contributed by atoms with Gasteiger partial charge in [0.2, 0.25) is 11.8 Å². The maximum absolute atomic E-state index is 12.2. The van der Waals surface area contributed by atoms with E-state index in [1.165, 1.54) is 6.26 Å². The molecule has 1 N–H and O–H groups in total. The second kappa shape index (κ2) is 7.06. The van der Waals surface area contributed by atoms with Gasteiger partial charge in [-0.3, -0.25) is 4.79 Å². The smallest absolute Gasteiger partial charge is 0.230 e. The number of benzene rings is 2. The zero-order valence-corrected chi connectivity index (χ0v) is 13.9. The van der Waals surface area contributed by atoms with E-state index in [1.807, 2.05) is 66.9 Å². The van der Waals surface area contributed by atoms with E-state index in [1.54, 1.807) is 10.9 Å². The van der Waals surface area contributed by atoms with Crippen LogP contribution < -0.4 is 5.32 Å². The van der Waals surface area contributed by atoms with Gasteiger partial charge in [-0.1, -0.05) is 18.2 Å². The van der Waals surface area contributed by atoms with Crippen LogP contribution in [-0.2, 0) is 11.2 Å². The number of hydrogen-bond acceptors (Lipinski definition) is 4. The summed E-state index contributed by atoms with van der Waals surface area (Å²) in [6.07, 6.45) is 5.25. The molecule has 26 heavy (non-hydrogen) atoms. The van der Waals surface area contributed by atoms with Crippen molar-refractivity contribution in [1.29, 1.82) is 0 Å². The molecule has 0 saturated heterocycles. The van der Waals surface area contributed by atoms with Crippen LogP contribution in [-0.4, -0.2) is 20.7 Å². The van der Waals surface area contributed by atoms with Gasteiger partial charge in [-0.05, 0) is 42.5 Å². The molecule has 0 aliphatic carbocycles. The Morgan fingerprint density at radius 3 is 2.58 bits per heavy atom. The van der Waals surface area contributed by atoms with Crippen molar-refractivity contribution < 1.29 is 9.21 Å². The summed E-state index contributed by atoms with van der Waals surface area (Å²) < 4.78 is 7.21. The Bertz CT molecular complexity index is 990. The van der Waals surface area contributed by atoms with Gasteiger partial charge in [-0.2, -0.15) is 5.10 Å². The van der Waals surface area contributed by atoms with Gasteiger partial charge in [0, 0.05) is 23.6 Å². The molecular weight excluding hydrogens is 328 g/mol. The normalized spacial score (nSPS) is 10.6. The van der Waals surface area contributed by atoms with Crippen LogP contribution >= 0.6 is 0 Å². The molecule has 2 aromatic carbocycles. The maximum atomic E-state index is 12.2. The third-order valence-corrected chi connectivity index (χ3v) is 3.83. The third-order valence-electron chi connectivity index (χ3n) is 3.83. The molecule has 0 fully saturated rings. The van der Waals surface area contributed by atoms with Crippen LogP contribution in [0.1, 0.15) is 5.69 Å². The molecular formula is C20H16N4O2. The Kier molecular flexibility index (Phi) is 4.30. The molecule has 6 nitrogen and oxygen atoms in total. The highest BCUT2D eigenvalue weighted by molar-refractivity contribution is 5.92. The minimum Gasteiger partial charge on any atom is -0.444 e. The van der Waals surface area contributed by atoms with Crippen molar-refractivity contribution >= 4 is 11.6 Å². The van der Waals surface area contributed by atoms with Gasteiger partial charge in [0.05, 0.1) is 17.8 Å². The van der Waals surface area contributed by atoms with E-state index in [0.717, 1.165) is 16.9 Å². The number of oxazole rings is 1. The summed E-state index contributed by atoms with van der Waals surface area (Å²) in [4.78, 5) is 16.6. The topological polar surface area (TPSA) is 73.0 Å². The van der Waals surface area contributed by atoms with Crippen molar-refractivity contribution in [1.82, 2.24) is 14.8 Å². The molecule has 6 heteroatoms. The van der Waals surface area contributed by atoms with Crippen LogP contribution in [0.25, 0.3) is 17.1 Å². The highest BCUT2D eigenvalue weighted by Crippen LogP contribution is 2.18. The van der Waals surface area contributed by atoms with E-state index in [0.29, 0.717) is 11.6 Å². The molecule has 0 aliphatic heterocycles. The van der Waals surface area contributed by atoms with E-state index in [9.17, 15) is 4.79 Å². The predicted molar refractivity (Wildman–Crippen MR) is 97.8 cm³/mol. The first kappa shape index (κ1) is 15.8. The molecule has 2 heterocycles. The van der Waals surface area contributed by atoms with Crippen molar-refractivity contribution in [2.75, 3.05) is 5.32 Å². The Morgan fingerprint density at radius 1 is 1.04 bits per heavy atom. The molecule has 4 aromatic rings. The van der Waals surface area contributed by atoms with Crippen molar-refractivity contribution in [3.8, 4) is 17.1 Å². The fourth-order valence-electron chi connectivity index (χ4n) is 2.59. The molecule has 0 saturated carbocycles. The summed E-state index contributed by atoms with van der Waals surface area (Å²) in [6, 6.07) is 18.9. The first-order valence-corrected chi connectivity index (χ1v) is 8.18. The van der Waals surface area contributed by atoms with Crippen LogP contribution in [0.3, 0.4) is 0 Å². The van der Waals surface area contributed by atoms with Crippen LogP contribution in [0.5, 0.6) is 0 Å². The van der Waals surface area contributed by atoms with Crippen LogP contribution in [0, 0.1) is 0 Å². The number of carbonyl (C=O) groups excluding carboxylic acids is 1. The predicted octanol–water partition coefficient (Wildman–Crippen LogP) is 3.71. The SMILES string of the molecule is O=C(Cc1coc(-c2ccccc2)n1)Nc1ccc(-n2cccn2)cc1. The average Bonchev–Trinajstić information content (AvgIpc) is 3.35. The minimum atomic E-state index is -0.148. The highest BCUT2D eigenvalue weighted by atomic mass is 16.3. The highest BCUT2D eigenvalue weighted by Gasteiger charge is 2.10. The standard InChI is InChI=1S/C20H16N4O2/c25-19(13-17-14-26-20(23-17)15-5-2-1-3-6-15)22-16-7-9-18(10-8-16)24-12-4-11-21-24/h1-12,14H,13H2,(H,22,25). The largest absolute Gasteiger partial charge is 0.444 e. The van der Waals surface area contributed by atoms with Gasteiger partial charge in [0.25, 0.3) is 0 Å². The molecule has 128 valence electrons. The Balaban J connectivity index is 1.39. The Hall–Kier alpha value is -3.67. The summed E-state index contributed by atoms with van der Waals surface area (Å²) in [7, 11) is 0. The molecule has 0 unspecified atom stereocenters. The van der Waals surface area contributed by atoms with Crippen molar-refractivity contribution in [3.63, 3.8) is 0 Å². The zero-order chi connectivity index (χ0) is 17.8. The summed E-state index contributed by atoms with van der Waals surface area (Å²) in [5.41, 5.74) is 3.12. The fraction of sp³-hybridized carbons (Fsp3) is 0.0500. The minimum absolute atomic E-state index is 0.148. The first-order valence-electron chi connectivity index (χ1n) is 8.18. The lowest BCUT2D eigenvalue weighted by Crippen LogP contribution is -2.14. The number of carbonyl (C=O) groups is 1. The molecule has 0 bridgehead atoms. The van der Waals surface area contributed by atoms with Crippen LogP contribution in [0.2, 0.25) is 0 Å². The average molecular weight is 344 g/mol. The Morgan fingerprint density at radius 2 is 1.85 bits per heavy atom. The molecule has 1 amide bonds. The summed E-state index contributed by atoms with van der Waals surface area (Å²) >= 11 is 0. The maximum Gasteiger partial charge on any atom is 0.230 e. The van der Waals surface area contributed by atoms with Gasteiger partial charge in [-0.25, -0.2) is 9.67 Å². The summed E-state index contributed by atoms with van der Waals surface area (Å²) in [5.74, 6) is 0.363. The summed E-state index contributed by atoms with van der Waals surface area (Å²) in [6.45, 7) is 0. The van der Waals surface area contributed by atoms with E-state index < -0.39 is 0 Å². The third kappa shape index (κ3) is 3.54. The second-order valence-electron chi connectivity index (χ2n) is 5.73. The lowest BCUT2D eigenvalue weighted by Gasteiger charge is -2.06. The molecule has 4 rings (SSSR count). The molecule has 2 aromatic heterocycles.